The predicted molar refractivity (Wildman–Crippen MR) is 105 cm³/mol. The molecule has 9 heteroatoms. The van der Waals surface area contributed by atoms with Crippen LogP contribution in [0.2, 0.25) is 0 Å². The number of amides is 1. The lowest BCUT2D eigenvalue weighted by Crippen LogP contribution is -2.40. The summed E-state index contributed by atoms with van der Waals surface area (Å²) in [5, 5.41) is 3.06. The largest absolute Gasteiger partial charge is 0.486 e. The van der Waals surface area contributed by atoms with Gasteiger partial charge in [0.05, 0.1) is 0 Å². The van der Waals surface area contributed by atoms with Crippen LogP contribution in [0.15, 0.2) is 29.0 Å². The third kappa shape index (κ3) is 4.31. The van der Waals surface area contributed by atoms with Crippen molar-refractivity contribution in [2.75, 3.05) is 19.8 Å². The van der Waals surface area contributed by atoms with Crippen LogP contribution in [0.1, 0.15) is 29.8 Å². The Labute approximate surface area is 169 Å². The van der Waals surface area contributed by atoms with Crippen molar-refractivity contribution in [2.24, 2.45) is 11.7 Å². The van der Waals surface area contributed by atoms with Crippen LogP contribution in [0.4, 0.5) is 0 Å². The first-order valence-electron chi connectivity index (χ1n) is 8.60. The Kier molecular flexibility index (Phi) is 7.35. The van der Waals surface area contributed by atoms with Crippen molar-refractivity contribution >= 4 is 30.7 Å². The number of hydrogen-bond donors (Lipinski definition) is 2. The van der Waals surface area contributed by atoms with E-state index in [2.05, 4.69) is 10.3 Å². The molecule has 2 unspecified atom stereocenters. The number of fused-ring (bicyclic) bond motifs is 1. The summed E-state index contributed by atoms with van der Waals surface area (Å²) in [5.74, 6) is 1.86. The summed E-state index contributed by atoms with van der Waals surface area (Å²) in [6.45, 7) is 1.62. The highest BCUT2D eigenvalue weighted by atomic mass is 35.5. The van der Waals surface area contributed by atoms with Gasteiger partial charge in [-0.15, -0.1) is 24.8 Å². The van der Waals surface area contributed by atoms with Gasteiger partial charge >= 0.3 is 0 Å². The van der Waals surface area contributed by atoms with Crippen LogP contribution >= 0.6 is 24.8 Å². The van der Waals surface area contributed by atoms with Gasteiger partial charge < -0.3 is 24.9 Å². The number of halogens is 2. The van der Waals surface area contributed by atoms with Crippen molar-refractivity contribution < 1.29 is 18.7 Å². The van der Waals surface area contributed by atoms with Crippen LogP contribution in [0.3, 0.4) is 0 Å². The fraction of sp³-hybridized carbons (Fsp3) is 0.444. The molecule has 0 radical (unpaired) electrons. The molecule has 1 aliphatic carbocycles. The molecule has 148 valence electrons. The van der Waals surface area contributed by atoms with Crippen molar-refractivity contribution in [3.05, 3.63) is 30.3 Å². The van der Waals surface area contributed by atoms with Crippen LogP contribution in [0, 0.1) is 5.92 Å². The molecule has 2 heterocycles. The van der Waals surface area contributed by atoms with Crippen molar-refractivity contribution in [2.45, 2.75) is 25.3 Å². The maximum absolute atomic E-state index is 12.7. The molecule has 2 atom stereocenters. The lowest BCUT2D eigenvalue weighted by molar-refractivity contribution is 0.0924. The Balaban J connectivity index is 0.00000131. The third-order valence-corrected chi connectivity index (χ3v) is 4.87. The number of rotatable bonds is 4. The smallest absolute Gasteiger partial charge is 0.274 e. The molecule has 2 aliphatic rings. The maximum atomic E-state index is 12.7. The van der Waals surface area contributed by atoms with Crippen LogP contribution in [0.25, 0.3) is 11.3 Å². The molecule has 0 spiro atoms. The van der Waals surface area contributed by atoms with Gasteiger partial charge in [-0.25, -0.2) is 4.98 Å². The Bertz CT molecular complexity index is 784. The van der Waals surface area contributed by atoms with Gasteiger partial charge in [0.1, 0.15) is 13.2 Å². The zero-order chi connectivity index (χ0) is 17.2. The quantitative estimate of drug-likeness (QED) is 0.795. The molecule has 3 N–H and O–H groups in total. The van der Waals surface area contributed by atoms with Crippen molar-refractivity contribution in [3.8, 4) is 22.8 Å². The predicted octanol–water partition coefficient (Wildman–Crippen LogP) is 2.81. The Morgan fingerprint density at radius 2 is 1.96 bits per heavy atom. The molecule has 1 aromatic heterocycles. The lowest BCUT2D eigenvalue weighted by Gasteiger charge is -2.19. The van der Waals surface area contributed by atoms with E-state index in [0.29, 0.717) is 42.9 Å². The number of oxazole rings is 1. The van der Waals surface area contributed by atoms with E-state index in [4.69, 9.17) is 19.6 Å². The summed E-state index contributed by atoms with van der Waals surface area (Å²) in [4.78, 5) is 16.8. The number of ether oxygens (including phenoxy) is 2. The van der Waals surface area contributed by atoms with Gasteiger partial charge in [0.15, 0.2) is 29.3 Å². The van der Waals surface area contributed by atoms with E-state index < -0.39 is 0 Å². The van der Waals surface area contributed by atoms with Crippen molar-refractivity contribution in [1.82, 2.24) is 10.3 Å². The monoisotopic (exact) mass is 415 g/mol. The second-order valence-corrected chi connectivity index (χ2v) is 6.40. The van der Waals surface area contributed by atoms with Crippen LogP contribution in [-0.2, 0) is 0 Å². The number of aromatic nitrogens is 1. The molecule has 7 nitrogen and oxygen atoms in total. The van der Waals surface area contributed by atoms with Gasteiger partial charge in [-0.1, -0.05) is 6.42 Å². The van der Waals surface area contributed by atoms with Gasteiger partial charge in [-0.2, -0.15) is 0 Å². The van der Waals surface area contributed by atoms with E-state index in [-0.39, 0.29) is 42.5 Å². The third-order valence-electron chi connectivity index (χ3n) is 4.87. The summed E-state index contributed by atoms with van der Waals surface area (Å²) < 4.78 is 16.6. The van der Waals surface area contributed by atoms with E-state index in [1.54, 1.807) is 0 Å². The van der Waals surface area contributed by atoms with Gasteiger partial charge in [0.25, 0.3) is 5.91 Å². The number of nitrogens with zero attached hydrogens (tertiary/aromatic N) is 1. The first-order valence-corrected chi connectivity index (χ1v) is 8.60. The second kappa shape index (κ2) is 9.30. The molecule has 1 saturated carbocycles. The minimum Gasteiger partial charge on any atom is -0.486 e. The molecule has 0 saturated heterocycles. The molecular weight excluding hydrogens is 393 g/mol. The molecule has 1 fully saturated rings. The number of benzene rings is 1. The molecule has 4 rings (SSSR count). The number of hydrogen-bond acceptors (Lipinski definition) is 6. The molecule has 1 aromatic carbocycles. The van der Waals surface area contributed by atoms with Crippen molar-refractivity contribution in [3.63, 3.8) is 0 Å². The standard InChI is InChI=1S/C18H21N3O4.2ClH/c19-9-12-2-1-3-13(12)21-18(22)16-17(25-10-20-16)11-4-5-14-15(8-11)24-7-6-23-14;;/h4-5,8,10,12-13H,1-3,6-7,9,19H2,(H,21,22);2*1H. The SMILES string of the molecule is Cl.Cl.NCC1CCCC1NC(=O)c1ncoc1-c1ccc2c(c1)OCCO2. The molecule has 0 bridgehead atoms. The normalized spacial score (nSPS) is 20.3. The minimum absolute atomic E-state index is 0. The molecule has 1 aliphatic heterocycles. The van der Waals surface area contributed by atoms with Crippen LogP contribution in [-0.4, -0.2) is 36.7 Å². The summed E-state index contributed by atoms with van der Waals surface area (Å²) in [7, 11) is 0. The second-order valence-electron chi connectivity index (χ2n) is 6.40. The molecule has 2 aromatic rings. The number of carbonyl (C=O) groups is 1. The minimum atomic E-state index is -0.232. The number of carbonyl (C=O) groups excluding carboxylic acids is 1. The molecular formula is C18H23Cl2N3O4. The van der Waals surface area contributed by atoms with E-state index in [9.17, 15) is 4.79 Å². The average Bonchev–Trinajstić information content (AvgIpc) is 3.30. The fourth-order valence-corrected chi connectivity index (χ4v) is 3.54. The van der Waals surface area contributed by atoms with E-state index in [1.165, 1.54) is 6.39 Å². The maximum Gasteiger partial charge on any atom is 0.274 e. The Morgan fingerprint density at radius 3 is 2.74 bits per heavy atom. The number of nitrogens with one attached hydrogen (secondary N) is 1. The highest BCUT2D eigenvalue weighted by molar-refractivity contribution is 5.98. The fourth-order valence-electron chi connectivity index (χ4n) is 3.54. The zero-order valence-corrected chi connectivity index (χ0v) is 16.3. The highest BCUT2D eigenvalue weighted by Crippen LogP contribution is 2.35. The van der Waals surface area contributed by atoms with E-state index in [1.807, 2.05) is 18.2 Å². The van der Waals surface area contributed by atoms with Gasteiger partial charge in [-0.3, -0.25) is 4.79 Å². The molecule has 27 heavy (non-hydrogen) atoms. The van der Waals surface area contributed by atoms with E-state index >= 15 is 0 Å². The summed E-state index contributed by atoms with van der Waals surface area (Å²) in [6, 6.07) is 5.56. The first-order chi connectivity index (χ1) is 12.3. The zero-order valence-electron chi connectivity index (χ0n) is 14.7. The first kappa shape index (κ1) is 21.3. The van der Waals surface area contributed by atoms with Crippen LogP contribution < -0.4 is 20.5 Å². The highest BCUT2D eigenvalue weighted by Gasteiger charge is 2.29. The Hall–Kier alpha value is -1.96. The Morgan fingerprint density at radius 1 is 1.19 bits per heavy atom. The van der Waals surface area contributed by atoms with Gasteiger partial charge in [0, 0.05) is 11.6 Å². The summed E-state index contributed by atoms with van der Waals surface area (Å²) in [6.07, 6.45) is 4.37. The summed E-state index contributed by atoms with van der Waals surface area (Å²) in [5.41, 5.74) is 6.80. The number of nitrogens with two attached hydrogens (primary N) is 1. The van der Waals surface area contributed by atoms with Crippen molar-refractivity contribution in [1.29, 1.82) is 0 Å². The molecule has 1 amide bonds. The van der Waals surface area contributed by atoms with Gasteiger partial charge in [0.2, 0.25) is 0 Å². The van der Waals surface area contributed by atoms with E-state index in [0.717, 1.165) is 24.8 Å². The lowest BCUT2D eigenvalue weighted by atomic mass is 10.0. The summed E-state index contributed by atoms with van der Waals surface area (Å²) >= 11 is 0. The average molecular weight is 416 g/mol. The van der Waals surface area contributed by atoms with Crippen LogP contribution in [0.5, 0.6) is 11.5 Å². The van der Waals surface area contributed by atoms with Gasteiger partial charge in [-0.05, 0) is 43.5 Å². The topological polar surface area (TPSA) is 99.6 Å².